The number of nitrogens with one attached hydrogen (secondary N) is 1. The van der Waals surface area contributed by atoms with Gasteiger partial charge in [-0.2, -0.15) is 0 Å². The smallest absolute Gasteiger partial charge is 0.209 e. The summed E-state index contributed by atoms with van der Waals surface area (Å²) in [5.41, 5.74) is 6.44. The zero-order valence-corrected chi connectivity index (χ0v) is 14.8. The van der Waals surface area contributed by atoms with Gasteiger partial charge in [0.1, 0.15) is 0 Å². The summed E-state index contributed by atoms with van der Waals surface area (Å²) in [5.74, 6) is 1.09. The number of carbonyl (C=O) groups is 1. The van der Waals surface area contributed by atoms with Crippen molar-refractivity contribution in [3.8, 4) is 0 Å². The fraction of sp³-hybridized carbons (Fsp3) is 0.273. The third-order valence-corrected chi connectivity index (χ3v) is 5.55. The molecule has 2 aliphatic rings. The van der Waals surface area contributed by atoms with E-state index in [-0.39, 0.29) is 11.8 Å². The normalized spacial score (nSPS) is 19.3. The first-order chi connectivity index (χ1) is 12.8. The van der Waals surface area contributed by atoms with Gasteiger partial charge in [-0.15, -0.1) is 0 Å². The van der Waals surface area contributed by atoms with Gasteiger partial charge in [-0.1, -0.05) is 43.3 Å². The number of para-hydroxylation sites is 2. The largest absolute Gasteiger partial charge is 0.329 e. The topological polar surface area (TPSA) is 46.9 Å². The Hall–Kier alpha value is -2.88. The molecule has 0 fully saturated rings. The number of allylic oxidation sites excluding steroid dienone is 2. The van der Waals surface area contributed by atoms with Crippen molar-refractivity contribution in [1.82, 2.24) is 9.55 Å². The molecule has 0 bridgehead atoms. The highest BCUT2D eigenvalue weighted by atomic mass is 16.1. The van der Waals surface area contributed by atoms with Gasteiger partial charge < -0.3 is 5.32 Å². The summed E-state index contributed by atoms with van der Waals surface area (Å²) in [5, 5.41) is 3.45. The Balaban J connectivity index is 1.77. The third kappa shape index (κ3) is 2.22. The molecule has 4 nitrogen and oxygen atoms in total. The number of nitrogens with zero attached hydrogens (tertiary/aromatic N) is 2. The first-order valence-corrected chi connectivity index (χ1v) is 9.35. The number of aryl methyl sites for hydroxylation is 1. The number of anilines is 1. The highest BCUT2D eigenvalue weighted by Gasteiger charge is 2.36. The van der Waals surface area contributed by atoms with Crippen LogP contribution in [-0.2, 0) is 11.2 Å². The van der Waals surface area contributed by atoms with E-state index >= 15 is 0 Å². The van der Waals surface area contributed by atoms with E-state index in [2.05, 4.69) is 47.1 Å². The standard InChI is InChI=1S/C22H21N3O/c1-2-14-10-12-15(13-11-14)21-20-17(7-5-9-19(20)26)24-22-23-16-6-3-4-8-18(16)25(21)22/h3-4,6,8,10-13,21H,2,5,7,9H2,1H3,(H,23,24)/t21-/m1/s1. The van der Waals surface area contributed by atoms with Gasteiger partial charge >= 0.3 is 0 Å². The van der Waals surface area contributed by atoms with Gasteiger partial charge in [0.15, 0.2) is 5.78 Å². The zero-order chi connectivity index (χ0) is 17.7. The van der Waals surface area contributed by atoms with Crippen molar-refractivity contribution >= 4 is 22.8 Å². The van der Waals surface area contributed by atoms with Crippen LogP contribution in [0.1, 0.15) is 43.4 Å². The Kier molecular flexibility index (Phi) is 3.45. The first-order valence-electron chi connectivity index (χ1n) is 9.35. The van der Waals surface area contributed by atoms with E-state index in [0.29, 0.717) is 6.42 Å². The van der Waals surface area contributed by atoms with Crippen molar-refractivity contribution in [3.63, 3.8) is 0 Å². The average molecular weight is 343 g/mol. The Morgan fingerprint density at radius 2 is 1.92 bits per heavy atom. The second kappa shape index (κ2) is 5.84. The van der Waals surface area contributed by atoms with Gasteiger partial charge in [0, 0.05) is 17.7 Å². The van der Waals surface area contributed by atoms with Crippen LogP contribution in [-0.4, -0.2) is 15.3 Å². The van der Waals surface area contributed by atoms with Crippen LogP contribution in [0.3, 0.4) is 0 Å². The Labute approximate surface area is 152 Å². The molecule has 0 amide bonds. The lowest BCUT2D eigenvalue weighted by atomic mass is 9.85. The molecule has 4 heteroatoms. The quantitative estimate of drug-likeness (QED) is 0.738. The van der Waals surface area contributed by atoms with Crippen molar-refractivity contribution < 1.29 is 4.79 Å². The van der Waals surface area contributed by atoms with Gasteiger partial charge in [0.25, 0.3) is 0 Å². The Morgan fingerprint density at radius 1 is 1.12 bits per heavy atom. The molecule has 130 valence electrons. The van der Waals surface area contributed by atoms with Gasteiger partial charge in [-0.3, -0.25) is 9.36 Å². The minimum atomic E-state index is -0.104. The maximum Gasteiger partial charge on any atom is 0.209 e. The van der Waals surface area contributed by atoms with Gasteiger partial charge in [0.05, 0.1) is 17.1 Å². The highest BCUT2D eigenvalue weighted by molar-refractivity contribution is 6.00. The molecule has 1 aliphatic carbocycles. The van der Waals surface area contributed by atoms with E-state index in [1.165, 1.54) is 5.56 Å². The number of rotatable bonds is 2. The molecule has 2 aromatic carbocycles. The van der Waals surface area contributed by atoms with Crippen LogP contribution in [0, 0.1) is 0 Å². The van der Waals surface area contributed by atoms with Crippen LogP contribution in [0.25, 0.3) is 11.0 Å². The maximum absolute atomic E-state index is 12.9. The number of carbonyl (C=O) groups excluding carboxylic acids is 1. The molecule has 3 aromatic rings. The van der Waals surface area contributed by atoms with Crippen molar-refractivity contribution in [3.05, 3.63) is 70.9 Å². The molecule has 1 aliphatic heterocycles. The van der Waals surface area contributed by atoms with E-state index < -0.39 is 0 Å². The summed E-state index contributed by atoms with van der Waals surface area (Å²) in [7, 11) is 0. The van der Waals surface area contributed by atoms with E-state index in [1.807, 2.05) is 18.2 Å². The lowest BCUT2D eigenvalue weighted by Gasteiger charge is -2.34. The predicted molar refractivity (Wildman–Crippen MR) is 103 cm³/mol. The van der Waals surface area contributed by atoms with Crippen molar-refractivity contribution in [2.45, 2.75) is 38.6 Å². The molecular formula is C22H21N3O. The number of fused-ring (bicyclic) bond motifs is 3. The summed E-state index contributed by atoms with van der Waals surface area (Å²) in [4.78, 5) is 17.7. The number of ketones is 1. The van der Waals surface area contributed by atoms with Crippen molar-refractivity contribution in [1.29, 1.82) is 0 Å². The predicted octanol–water partition coefficient (Wildman–Crippen LogP) is 4.62. The molecule has 0 saturated carbocycles. The molecule has 0 unspecified atom stereocenters. The van der Waals surface area contributed by atoms with Crippen molar-refractivity contribution in [2.75, 3.05) is 5.32 Å². The van der Waals surface area contributed by atoms with Crippen LogP contribution in [0.4, 0.5) is 5.95 Å². The van der Waals surface area contributed by atoms with E-state index in [4.69, 9.17) is 4.98 Å². The minimum Gasteiger partial charge on any atom is -0.329 e. The molecule has 5 rings (SSSR count). The summed E-state index contributed by atoms with van der Waals surface area (Å²) < 4.78 is 2.19. The number of benzene rings is 2. The van der Waals surface area contributed by atoms with Crippen LogP contribution in [0.2, 0.25) is 0 Å². The number of Topliss-reactive ketones (excluding diaryl/α,β-unsaturated/α-hetero) is 1. The highest BCUT2D eigenvalue weighted by Crippen LogP contribution is 2.42. The van der Waals surface area contributed by atoms with Gasteiger partial charge in [0.2, 0.25) is 5.95 Å². The lowest BCUT2D eigenvalue weighted by molar-refractivity contribution is -0.116. The molecule has 2 heterocycles. The SMILES string of the molecule is CCc1ccc([C@@H]2C3=C(CCCC3=O)Nc3nc4ccccc4n32)cc1. The number of hydrogen-bond donors (Lipinski definition) is 1. The number of imidazole rings is 1. The van der Waals surface area contributed by atoms with E-state index in [9.17, 15) is 4.79 Å². The van der Waals surface area contributed by atoms with Crippen LogP contribution >= 0.6 is 0 Å². The zero-order valence-electron chi connectivity index (χ0n) is 14.8. The van der Waals surface area contributed by atoms with Gasteiger partial charge in [-0.25, -0.2) is 4.98 Å². The van der Waals surface area contributed by atoms with Crippen LogP contribution in [0.15, 0.2) is 59.8 Å². The Bertz CT molecular complexity index is 1040. The van der Waals surface area contributed by atoms with Crippen LogP contribution < -0.4 is 5.32 Å². The first kappa shape index (κ1) is 15.4. The molecular weight excluding hydrogens is 322 g/mol. The molecule has 0 spiro atoms. The minimum absolute atomic E-state index is 0.104. The summed E-state index contributed by atoms with van der Waals surface area (Å²) in [6.45, 7) is 2.16. The lowest BCUT2D eigenvalue weighted by Crippen LogP contribution is -2.30. The maximum atomic E-state index is 12.9. The van der Waals surface area contributed by atoms with Gasteiger partial charge in [-0.05, 0) is 42.5 Å². The fourth-order valence-electron chi connectivity index (χ4n) is 4.22. The summed E-state index contributed by atoms with van der Waals surface area (Å²) in [6, 6.07) is 16.7. The average Bonchev–Trinajstić information content (AvgIpc) is 3.05. The molecule has 1 atom stereocenters. The van der Waals surface area contributed by atoms with E-state index in [0.717, 1.165) is 53.1 Å². The molecule has 26 heavy (non-hydrogen) atoms. The molecule has 0 saturated heterocycles. The van der Waals surface area contributed by atoms with Crippen LogP contribution in [0.5, 0.6) is 0 Å². The Morgan fingerprint density at radius 3 is 2.73 bits per heavy atom. The molecule has 1 N–H and O–H groups in total. The fourth-order valence-corrected chi connectivity index (χ4v) is 4.22. The number of aromatic nitrogens is 2. The monoisotopic (exact) mass is 343 g/mol. The summed E-state index contributed by atoms with van der Waals surface area (Å²) in [6.07, 6.45) is 3.46. The molecule has 1 aromatic heterocycles. The molecule has 0 radical (unpaired) electrons. The second-order valence-corrected chi connectivity index (χ2v) is 7.09. The van der Waals surface area contributed by atoms with E-state index in [1.54, 1.807) is 0 Å². The second-order valence-electron chi connectivity index (χ2n) is 7.09. The third-order valence-electron chi connectivity index (χ3n) is 5.55. The van der Waals surface area contributed by atoms with Crippen molar-refractivity contribution in [2.24, 2.45) is 0 Å². The number of hydrogen-bond acceptors (Lipinski definition) is 3. The summed E-state index contributed by atoms with van der Waals surface area (Å²) >= 11 is 0.